The summed E-state index contributed by atoms with van der Waals surface area (Å²) in [6, 6.07) is 0. The second-order valence-electron chi connectivity index (χ2n) is 3.85. The first-order chi connectivity index (χ1) is 5.43. The van der Waals surface area contributed by atoms with Crippen molar-refractivity contribution in [2.75, 3.05) is 6.61 Å². The highest BCUT2D eigenvalue weighted by Crippen LogP contribution is 2.22. The average Bonchev–Trinajstić information content (AvgIpc) is 2.31. The number of carbonyl (C=O) groups excluding carboxylic acids is 1. The number of rotatable bonds is 1. The van der Waals surface area contributed by atoms with Gasteiger partial charge in [-0.2, -0.15) is 0 Å². The minimum absolute atomic E-state index is 0.303. The predicted molar refractivity (Wildman–Crippen MR) is 47.3 cm³/mol. The number of hydrogen-bond acceptors (Lipinski definition) is 3. The molecule has 0 aliphatic carbocycles. The van der Waals surface area contributed by atoms with E-state index in [1.165, 1.54) is 0 Å². The molecule has 3 nitrogen and oxygen atoms in total. The highest BCUT2D eigenvalue weighted by molar-refractivity contribution is 7.87. The lowest BCUT2D eigenvalue weighted by Crippen LogP contribution is -2.33. The van der Waals surface area contributed by atoms with E-state index >= 15 is 0 Å². The Morgan fingerprint density at radius 2 is 2.08 bits per heavy atom. The van der Waals surface area contributed by atoms with E-state index in [4.69, 9.17) is 4.74 Å². The van der Waals surface area contributed by atoms with E-state index in [1.54, 1.807) is 0 Å². The van der Waals surface area contributed by atoms with Crippen LogP contribution in [0.1, 0.15) is 27.2 Å². The molecule has 1 rings (SSSR count). The molecule has 1 heterocycles. The van der Waals surface area contributed by atoms with Crippen LogP contribution in [0, 0.1) is 0 Å². The van der Waals surface area contributed by atoms with E-state index in [9.17, 15) is 9.00 Å². The first-order valence-electron chi connectivity index (χ1n) is 4.00. The van der Waals surface area contributed by atoms with Gasteiger partial charge in [0.25, 0.3) is 0 Å². The van der Waals surface area contributed by atoms with Crippen molar-refractivity contribution in [3.8, 4) is 0 Å². The molecule has 12 heavy (non-hydrogen) atoms. The Labute approximate surface area is 74.9 Å². The zero-order valence-electron chi connectivity index (χ0n) is 7.62. The van der Waals surface area contributed by atoms with Gasteiger partial charge < -0.3 is 4.74 Å². The van der Waals surface area contributed by atoms with Crippen LogP contribution in [0.3, 0.4) is 0 Å². The molecule has 0 aromatic rings. The molecule has 1 aliphatic rings. The van der Waals surface area contributed by atoms with E-state index < -0.39 is 16.0 Å². The van der Waals surface area contributed by atoms with Crippen molar-refractivity contribution >= 4 is 16.8 Å². The third-order valence-electron chi connectivity index (χ3n) is 1.75. The average molecular weight is 190 g/mol. The molecule has 1 saturated heterocycles. The van der Waals surface area contributed by atoms with Gasteiger partial charge in [-0.15, -0.1) is 0 Å². The third-order valence-corrected chi connectivity index (χ3v) is 3.90. The molecule has 0 saturated carbocycles. The van der Waals surface area contributed by atoms with Gasteiger partial charge in [-0.25, -0.2) is 0 Å². The van der Waals surface area contributed by atoms with E-state index in [-0.39, 0.29) is 10.7 Å². The maximum Gasteiger partial charge on any atom is 0.321 e. The highest BCUT2D eigenvalue weighted by atomic mass is 32.2. The topological polar surface area (TPSA) is 43.4 Å². The summed E-state index contributed by atoms with van der Waals surface area (Å²) in [7, 11) is -1.12. The van der Waals surface area contributed by atoms with Crippen molar-refractivity contribution in [1.82, 2.24) is 0 Å². The molecule has 0 aromatic heterocycles. The molecule has 0 spiro atoms. The summed E-state index contributed by atoms with van der Waals surface area (Å²) in [5.74, 6) is -0.303. The van der Waals surface area contributed by atoms with Gasteiger partial charge in [-0.3, -0.25) is 9.00 Å². The van der Waals surface area contributed by atoms with Gasteiger partial charge in [0.05, 0.1) is 6.61 Å². The molecule has 2 atom stereocenters. The Morgan fingerprint density at radius 1 is 1.50 bits per heavy atom. The summed E-state index contributed by atoms with van der Waals surface area (Å²) in [5, 5.41) is -0.398. The molecule has 0 aromatic carbocycles. The van der Waals surface area contributed by atoms with Gasteiger partial charge >= 0.3 is 5.97 Å². The number of cyclic esters (lactones) is 1. The van der Waals surface area contributed by atoms with Gasteiger partial charge in [0, 0.05) is 22.0 Å². The van der Waals surface area contributed by atoms with Crippen molar-refractivity contribution in [2.45, 2.75) is 37.2 Å². The minimum atomic E-state index is -1.12. The zero-order valence-corrected chi connectivity index (χ0v) is 8.44. The quantitative estimate of drug-likeness (QED) is 0.576. The minimum Gasteiger partial charge on any atom is -0.465 e. The fraction of sp³-hybridized carbons (Fsp3) is 0.875. The summed E-state index contributed by atoms with van der Waals surface area (Å²) in [4.78, 5) is 11.0. The largest absolute Gasteiger partial charge is 0.465 e. The van der Waals surface area contributed by atoms with Gasteiger partial charge in [-0.05, 0) is 20.8 Å². The van der Waals surface area contributed by atoms with Crippen LogP contribution in [0.4, 0.5) is 0 Å². The van der Waals surface area contributed by atoms with Crippen LogP contribution in [-0.4, -0.2) is 26.8 Å². The van der Waals surface area contributed by atoms with E-state index in [2.05, 4.69) is 0 Å². The van der Waals surface area contributed by atoms with Crippen LogP contribution < -0.4 is 0 Å². The number of esters is 1. The fourth-order valence-corrected chi connectivity index (χ4v) is 2.51. The monoisotopic (exact) mass is 190 g/mol. The molecule has 1 fully saturated rings. The molecular formula is C8H14O3S. The van der Waals surface area contributed by atoms with E-state index in [0.717, 1.165) is 0 Å². The maximum absolute atomic E-state index is 11.7. The first-order valence-corrected chi connectivity index (χ1v) is 5.21. The normalized spacial score (nSPS) is 26.9. The summed E-state index contributed by atoms with van der Waals surface area (Å²) in [6.45, 7) is 6.03. The van der Waals surface area contributed by atoms with E-state index in [1.807, 2.05) is 20.8 Å². The molecule has 70 valence electrons. The molecule has 0 radical (unpaired) electrons. The van der Waals surface area contributed by atoms with Crippen molar-refractivity contribution in [3.63, 3.8) is 0 Å². The van der Waals surface area contributed by atoms with Crippen LogP contribution in [0.15, 0.2) is 0 Å². The van der Waals surface area contributed by atoms with Crippen LogP contribution in [0.25, 0.3) is 0 Å². The fourth-order valence-electron chi connectivity index (χ4n) is 1.10. The molecule has 0 amide bonds. The van der Waals surface area contributed by atoms with Crippen LogP contribution in [0.5, 0.6) is 0 Å². The smallest absolute Gasteiger partial charge is 0.321 e. The number of carbonyl (C=O) groups is 1. The number of ether oxygens (including phenoxy) is 1. The molecule has 0 bridgehead atoms. The summed E-state index contributed by atoms with van der Waals surface area (Å²) < 4.78 is 16.1. The standard InChI is InChI=1S/C8H14O3S/c1-8(2,3)12(10)6-4-5-11-7(6)9/h6H,4-5H2,1-3H3. The van der Waals surface area contributed by atoms with Crippen LogP contribution in [0.2, 0.25) is 0 Å². The van der Waals surface area contributed by atoms with Gasteiger partial charge in [-0.1, -0.05) is 0 Å². The molecule has 4 heteroatoms. The Kier molecular flexibility index (Phi) is 2.56. The van der Waals surface area contributed by atoms with Crippen LogP contribution >= 0.6 is 0 Å². The SMILES string of the molecule is CC(C)(C)S(=O)C1CCOC1=O. The zero-order chi connectivity index (χ0) is 9.35. The Hall–Kier alpha value is -0.380. The van der Waals surface area contributed by atoms with Crippen molar-refractivity contribution in [3.05, 3.63) is 0 Å². The van der Waals surface area contributed by atoms with E-state index in [0.29, 0.717) is 13.0 Å². The second kappa shape index (κ2) is 3.17. The molecule has 2 unspecified atom stereocenters. The van der Waals surface area contributed by atoms with Crippen molar-refractivity contribution in [1.29, 1.82) is 0 Å². The molecule has 1 aliphatic heterocycles. The highest BCUT2D eigenvalue weighted by Gasteiger charge is 2.37. The molecular weight excluding hydrogens is 176 g/mol. The molecule has 0 N–H and O–H groups in total. The Morgan fingerprint density at radius 3 is 2.42 bits per heavy atom. The Balaban J connectivity index is 2.71. The van der Waals surface area contributed by atoms with Crippen LogP contribution in [-0.2, 0) is 20.3 Å². The van der Waals surface area contributed by atoms with Gasteiger partial charge in [0.2, 0.25) is 0 Å². The number of hydrogen-bond donors (Lipinski definition) is 0. The first kappa shape index (κ1) is 9.71. The van der Waals surface area contributed by atoms with Crippen molar-refractivity contribution < 1.29 is 13.7 Å². The lowest BCUT2D eigenvalue weighted by molar-refractivity contribution is -0.137. The van der Waals surface area contributed by atoms with Gasteiger partial charge in [0.1, 0.15) is 5.25 Å². The predicted octanol–water partition coefficient (Wildman–Crippen LogP) is 0.849. The summed E-state index contributed by atoms with van der Waals surface area (Å²) >= 11 is 0. The lowest BCUT2D eigenvalue weighted by atomic mass is 10.3. The lowest BCUT2D eigenvalue weighted by Gasteiger charge is -2.19. The second-order valence-corrected chi connectivity index (χ2v) is 6.24. The summed E-state index contributed by atoms with van der Waals surface area (Å²) in [6.07, 6.45) is 0.600. The third kappa shape index (κ3) is 1.86. The Bertz CT molecular complexity index is 217. The van der Waals surface area contributed by atoms with Gasteiger partial charge in [0.15, 0.2) is 0 Å². The summed E-state index contributed by atoms with van der Waals surface area (Å²) in [5.41, 5.74) is 0. The van der Waals surface area contributed by atoms with Crippen molar-refractivity contribution in [2.24, 2.45) is 0 Å². The maximum atomic E-state index is 11.7.